The quantitative estimate of drug-likeness (QED) is 0.897. The summed E-state index contributed by atoms with van der Waals surface area (Å²) in [4.78, 5) is 0. The Morgan fingerprint density at radius 2 is 2.00 bits per heavy atom. The molecule has 0 unspecified atom stereocenters. The molecule has 66 valence electrons. The molecule has 0 spiro atoms. The molecule has 4 nitrogen and oxygen atoms in total. The molecule has 0 atom stereocenters. The zero-order valence-corrected chi connectivity index (χ0v) is 8.84. The molecule has 0 aliphatic carbocycles. The van der Waals surface area contributed by atoms with Gasteiger partial charge in [-0.15, -0.1) is 0 Å². The van der Waals surface area contributed by atoms with Crippen LogP contribution < -0.4 is 5.32 Å². The first-order valence-electron chi connectivity index (χ1n) is 3.52. The maximum Gasteiger partial charge on any atom is 0.229 e. The van der Waals surface area contributed by atoms with E-state index in [-0.39, 0.29) is 0 Å². The van der Waals surface area contributed by atoms with Crippen molar-refractivity contribution in [2.75, 3.05) is 5.32 Å². The lowest BCUT2D eigenvalue weighted by atomic mass is 10.3. The van der Waals surface area contributed by atoms with Gasteiger partial charge in [0, 0.05) is 21.7 Å². The van der Waals surface area contributed by atoms with Crippen molar-refractivity contribution >= 4 is 38.3 Å². The van der Waals surface area contributed by atoms with Crippen LogP contribution in [0.15, 0.2) is 28.7 Å². The van der Waals surface area contributed by atoms with Gasteiger partial charge in [0.2, 0.25) is 5.13 Å². The highest BCUT2D eigenvalue weighted by molar-refractivity contribution is 9.10. The third-order valence-electron chi connectivity index (χ3n) is 1.39. The maximum atomic E-state index is 3.77. The number of nitrogens with one attached hydrogen (secondary N) is 1. The van der Waals surface area contributed by atoms with Crippen LogP contribution in [0.2, 0.25) is 0 Å². The van der Waals surface area contributed by atoms with E-state index in [1.54, 1.807) is 0 Å². The molecule has 1 aromatic carbocycles. The lowest BCUT2D eigenvalue weighted by molar-refractivity contribution is 0.961. The van der Waals surface area contributed by atoms with Crippen molar-refractivity contribution < 1.29 is 0 Å². The van der Waals surface area contributed by atoms with Crippen molar-refractivity contribution in [2.45, 2.75) is 0 Å². The summed E-state index contributed by atoms with van der Waals surface area (Å²) in [6, 6.07) is 7.81. The minimum Gasteiger partial charge on any atom is -0.329 e. The zero-order chi connectivity index (χ0) is 9.10. The van der Waals surface area contributed by atoms with E-state index in [2.05, 4.69) is 36.0 Å². The minimum atomic E-state index is 0.697. The van der Waals surface area contributed by atoms with Crippen molar-refractivity contribution in [3.05, 3.63) is 28.7 Å². The maximum absolute atomic E-state index is 3.77. The number of anilines is 2. The highest BCUT2D eigenvalue weighted by Gasteiger charge is 1.97. The van der Waals surface area contributed by atoms with Gasteiger partial charge in [0.1, 0.15) is 0 Å². The van der Waals surface area contributed by atoms with Crippen LogP contribution >= 0.6 is 27.5 Å². The Bertz CT molecular complexity index is 372. The molecule has 0 saturated heterocycles. The Morgan fingerprint density at radius 1 is 1.23 bits per heavy atom. The molecule has 0 bridgehead atoms. The Balaban J connectivity index is 2.15. The van der Waals surface area contributed by atoms with Crippen molar-refractivity contribution in [1.29, 1.82) is 0 Å². The van der Waals surface area contributed by atoms with Crippen LogP contribution in [0.5, 0.6) is 0 Å². The fourth-order valence-corrected chi connectivity index (χ4v) is 1.49. The Morgan fingerprint density at radius 3 is 2.62 bits per heavy atom. The monoisotopic (exact) mass is 256 g/mol. The fourth-order valence-electron chi connectivity index (χ4n) is 0.839. The van der Waals surface area contributed by atoms with Gasteiger partial charge in [-0.25, -0.2) is 0 Å². The predicted octanol–water partition coefficient (Wildman–Crippen LogP) is 2.44. The van der Waals surface area contributed by atoms with Crippen LogP contribution in [0, 0.1) is 0 Å². The molecule has 1 aromatic heterocycles. The second kappa shape index (κ2) is 3.80. The van der Waals surface area contributed by atoms with Crippen molar-refractivity contribution in [3.63, 3.8) is 0 Å². The normalized spacial score (nSPS) is 9.92. The molecule has 6 heteroatoms. The highest BCUT2D eigenvalue weighted by Crippen LogP contribution is 2.18. The Kier molecular flexibility index (Phi) is 2.51. The van der Waals surface area contributed by atoms with E-state index in [4.69, 9.17) is 0 Å². The number of halogens is 1. The topological polar surface area (TPSA) is 50.7 Å². The molecular weight excluding hydrogens is 252 g/mol. The van der Waals surface area contributed by atoms with Gasteiger partial charge in [-0.05, 0) is 29.5 Å². The molecular formula is C7H5BrN4S. The average molecular weight is 257 g/mol. The average Bonchev–Trinajstić information content (AvgIpc) is 2.62. The van der Waals surface area contributed by atoms with Crippen LogP contribution in [0.3, 0.4) is 0 Å². The van der Waals surface area contributed by atoms with Gasteiger partial charge in [0.05, 0.1) is 0 Å². The van der Waals surface area contributed by atoms with Crippen molar-refractivity contribution in [1.82, 2.24) is 14.8 Å². The van der Waals surface area contributed by atoms with Crippen LogP contribution in [-0.4, -0.2) is 14.8 Å². The van der Waals surface area contributed by atoms with Gasteiger partial charge < -0.3 is 5.32 Å². The fraction of sp³-hybridized carbons (Fsp3) is 0. The summed E-state index contributed by atoms with van der Waals surface area (Å²) in [7, 11) is 0. The van der Waals surface area contributed by atoms with Crippen LogP contribution in [-0.2, 0) is 0 Å². The van der Waals surface area contributed by atoms with Gasteiger partial charge in [0.15, 0.2) is 0 Å². The largest absolute Gasteiger partial charge is 0.329 e. The summed E-state index contributed by atoms with van der Waals surface area (Å²) in [5.41, 5.74) is 0.974. The molecule has 0 aliphatic rings. The molecule has 2 aromatic rings. The van der Waals surface area contributed by atoms with E-state index in [9.17, 15) is 0 Å². The van der Waals surface area contributed by atoms with E-state index >= 15 is 0 Å². The van der Waals surface area contributed by atoms with E-state index in [0.717, 1.165) is 10.2 Å². The number of rotatable bonds is 2. The predicted molar refractivity (Wildman–Crippen MR) is 55.1 cm³/mol. The highest BCUT2D eigenvalue weighted by atomic mass is 79.9. The first kappa shape index (κ1) is 8.58. The molecule has 2 rings (SSSR count). The van der Waals surface area contributed by atoms with Gasteiger partial charge in [-0.2, -0.15) is 0 Å². The first-order chi connectivity index (χ1) is 6.34. The summed E-state index contributed by atoms with van der Waals surface area (Å²) >= 11 is 4.58. The molecule has 0 fully saturated rings. The van der Waals surface area contributed by atoms with Crippen LogP contribution in [0.1, 0.15) is 0 Å². The summed E-state index contributed by atoms with van der Waals surface area (Å²) in [6.45, 7) is 0. The van der Waals surface area contributed by atoms with Gasteiger partial charge >= 0.3 is 0 Å². The lowest BCUT2D eigenvalue weighted by Crippen LogP contribution is -1.88. The smallest absolute Gasteiger partial charge is 0.229 e. The van der Waals surface area contributed by atoms with Gasteiger partial charge in [-0.1, -0.05) is 25.5 Å². The number of benzene rings is 1. The second-order valence-corrected chi connectivity index (χ2v) is 3.95. The summed E-state index contributed by atoms with van der Waals surface area (Å²) < 4.78 is 4.69. The first-order valence-corrected chi connectivity index (χ1v) is 5.09. The van der Waals surface area contributed by atoms with Crippen molar-refractivity contribution in [3.8, 4) is 0 Å². The van der Waals surface area contributed by atoms with Gasteiger partial charge in [0.25, 0.3) is 0 Å². The van der Waals surface area contributed by atoms with E-state index in [1.165, 1.54) is 11.5 Å². The molecule has 0 amide bonds. The number of hydrogen-bond acceptors (Lipinski definition) is 5. The minimum absolute atomic E-state index is 0.697. The van der Waals surface area contributed by atoms with E-state index in [1.807, 2.05) is 24.3 Å². The molecule has 13 heavy (non-hydrogen) atoms. The Hall–Kier alpha value is -1.01. The molecule has 1 heterocycles. The lowest BCUT2D eigenvalue weighted by Gasteiger charge is -1.99. The number of aromatic nitrogens is 3. The zero-order valence-electron chi connectivity index (χ0n) is 6.44. The third-order valence-corrected chi connectivity index (χ3v) is 2.43. The van der Waals surface area contributed by atoms with Gasteiger partial charge in [-0.3, -0.25) is 0 Å². The molecule has 0 radical (unpaired) electrons. The summed E-state index contributed by atoms with van der Waals surface area (Å²) in [6.07, 6.45) is 0. The molecule has 1 N–H and O–H groups in total. The number of hydrogen-bond donors (Lipinski definition) is 1. The summed E-state index contributed by atoms with van der Waals surface area (Å²) in [5.74, 6) is 0. The molecule has 0 saturated carbocycles. The standard InChI is InChI=1S/C7H5BrN4S/c8-5-1-3-6(4-2-5)9-7-10-11-12-13-7/h1-4H,(H,9,10,12). The number of nitrogens with zero attached hydrogens (tertiary/aromatic N) is 3. The van der Waals surface area contributed by atoms with E-state index in [0.29, 0.717) is 5.13 Å². The van der Waals surface area contributed by atoms with E-state index < -0.39 is 0 Å². The van der Waals surface area contributed by atoms with Crippen LogP contribution in [0.4, 0.5) is 10.8 Å². The van der Waals surface area contributed by atoms with Crippen LogP contribution in [0.25, 0.3) is 0 Å². The third kappa shape index (κ3) is 2.22. The SMILES string of the molecule is Brc1ccc(Nc2nnns2)cc1. The molecule has 0 aliphatic heterocycles. The Labute approximate surface area is 87.3 Å². The second-order valence-electron chi connectivity index (χ2n) is 2.30. The summed E-state index contributed by atoms with van der Waals surface area (Å²) in [5, 5.41) is 11.0. The van der Waals surface area contributed by atoms with Crippen molar-refractivity contribution in [2.24, 2.45) is 0 Å².